The summed E-state index contributed by atoms with van der Waals surface area (Å²) in [4.78, 5) is 29.5. The van der Waals surface area contributed by atoms with Crippen molar-refractivity contribution in [2.75, 3.05) is 5.32 Å². The van der Waals surface area contributed by atoms with Gasteiger partial charge in [0.2, 0.25) is 0 Å². The molecule has 1 saturated carbocycles. The molecular weight excluding hydrogens is 398 g/mol. The SMILES string of the molecule is Cc1nc(COc2cccc(C(=O)Nc3cc(C(=O)NC4CC4)ccc3C)c2)cs1. The number of thiazole rings is 1. The van der Waals surface area contributed by atoms with Crippen molar-refractivity contribution in [3.63, 3.8) is 0 Å². The van der Waals surface area contributed by atoms with Crippen LogP contribution in [0.2, 0.25) is 0 Å². The Morgan fingerprint density at radius 1 is 1.10 bits per heavy atom. The van der Waals surface area contributed by atoms with Gasteiger partial charge < -0.3 is 15.4 Å². The number of amides is 2. The number of benzene rings is 2. The third kappa shape index (κ3) is 5.04. The first-order valence-electron chi connectivity index (χ1n) is 9.84. The zero-order chi connectivity index (χ0) is 21.1. The number of anilines is 1. The van der Waals surface area contributed by atoms with Crippen LogP contribution in [-0.4, -0.2) is 22.8 Å². The van der Waals surface area contributed by atoms with Crippen LogP contribution in [0.25, 0.3) is 0 Å². The van der Waals surface area contributed by atoms with Gasteiger partial charge in [-0.2, -0.15) is 0 Å². The Labute approximate surface area is 179 Å². The predicted octanol–water partition coefficient (Wildman–Crippen LogP) is 4.48. The highest BCUT2D eigenvalue weighted by atomic mass is 32.1. The molecule has 1 fully saturated rings. The van der Waals surface area contributed by atoms with Gasteiger partial charge in [-0.15, -0.1) is 11.3 Å². The molecule has 0 bridgehead atoms. The molecule has 2 amide bonds. The van der Waals surface area contributed by atoms with Crippen LogP contribution in [0.5, 0.6) is 5.75 Å². The quantitative estimate of drug-likeness (QED) is 0.589. The zero-order valence-electron chi connectivity index (χ0n) is 16.9. The summed E-state index contributed by atoms with van der Waals surface area (Å²) in [5.41, 5.74) is 3.39. The van der Waals surface area contributed by atoms with Gasteiger partial charge in [-0.05, 0) is 62.6 Å². The van der Waals surface area contributed by atoms with Crippen LogP contribution in [-0.2, 0) is 6.61 Å². The molecule has 6 nitrogen and oxygen atoms in total. The van der Waals surface area contributed by atoms with Crippen molar-refractivity contribution in [3.8, 4) is 5.75 Å². The fourth-order valence-corrected chi connectivity index (χ4v) is 3.55. The number of hydrogen-bond donors (Lipinski definition) is 2. The number of nitrogens with zero attached hydrogens (tertiary/aromatic N) is 1. The molecule has 0 radical (unpaired) electrons. The molecule has 0 atom stereocenters. The normalized spacial score (nSPS) is 13.0. The summed E-state index contributed by atoms with van der Waals surface area (Å²) in [5, 5.41) is 8.83. The van der Waals surface area contributed by atoms with E-state index in [4.69, 9.17) is 4.74 Å². The van der Waals surface area contributed by atoms with Crippen molar-refractivity contribution in [1.29, 1.82) is 0 Å². The van der Waals surface area contributed by atoms with Gasteiger partial charge in [0.1, 0.15) is 12.4 Å². The van der Waals surface area contributed by atoms with Gasteiger partial charge in [0, 0.05) is 28.2 Å². The molecule has 4 rings (SSSR count). The maximum atomic E-state index is 12.8. The summed E-state index contributed by atoms with van der Waals surface area (Å²) < 4.78 is 5.77. The van der Waals surface area contributed by atoms with E-state index in [1.807, 2.05) is 31.4 Å². The Morgan fingerprint density at radius 3 is 2.63 bits per heavy atom. The topological polar surface area (TPSA) is 80.3 Å². The van der Waals surface area contributed by atoms with E-state index in [0.717, 1.165) is 29.1 Å². The van der Waals surface area contributed by atoms with E-state index >= 15 is 0 Å². The average molecular weight is 422 g/mol. The van der Waals surface area contributed by atoms with Gasteiger partial charge in [-0.3, -0.25) is 9.59 Å². The fraction of sp³-hybridized carbons (Fsp3) is 0.261. The van der Waals surface area contributed by atoms with Crippen LogP contribution in [0.4, 0.5) is 5.69 Å². The second-order valence-corrected chi connectivity index (χ2v) is 8.47. The van der Waals surface area contributed by atoms with Gasteiger partial charge >= 0.3 is 0 Å². The van der Waals surface area contributed by atoms with Crippen LogP contribution in [0.3, 0.4) is 0 Å². The molecule has 154 valence electrons. The van der Waals surface area contributed by atoms with Crippen molar-refractivity contribution in [2.24, 2.45) is 0 Å². The Hall–Kier alpha value is -3.19. The maximum absolute atomic E-state index is 12.8. The molecular formula is C23H23N3O3S. The number of carbonyl (C=O) groups excluding carboxylic acids is 2. The Balaban J connectivity index is 1.43. The van der Waals surface area contributed by atoms with E-state index in [1.54, 1.807) is 41.7 Å². The minimum atomic E-state index is -0.257. The number of aromatic nitrogens is 1. The molecule has 0 saturated heterocycles. The number of nitrogens with one attached hydrogen (secondary N) is 2. The van der Waals surface area contributed by atoms with Gasteiger partial charge in [0.15, 0.2) is 0 Å². The van der Waals surface area contributed by atoms with E-state index in [2.05, 4.69) is 15.6 Å². The molecule has 30 heavy (non-hydrogen) atoms. The summed E-state index contributed by atoms with van der Waals surface area (Å²) >= 11 is 1.58. The first kappa shape index (κ1) is 20.1. The lowest BCUT2D eigenvalue weighted by Gasteiger charge is -2.12. The largest absolute Gasteiger partial charge is 0.487 e. The van der Waals surface area contributed by atoms with Crippen molar-refractivity contribution in [1.82, 2.24) is 10.3 Å². The lowest BCUT2D eigenvalue weighted by molar-refractivity contribution is 0.0949. The van der Waals surface area contributed by atoms with E-state index in [9.17, 15) is 9.59 Å². The first-order valence-corrected chi connectivity index (χ1v) is 10.7. The highest BCUT2D eigenvalue weighted by Gasteiger charge is 2.24. The van der Waals surface area contributed by atoms with Gasteiger partial charge in [0.25, 0.3) is 11.8 Å². The highest BCUT2D eigenvalue weighted by Crippen LogP contribution is 2.22. The van der Waals surface area contributed by atoms with Crippen LogP contribution >= 0.6 is 11.3 Å². The third-order valence-corrected chi connectivity index (χ3v) is 5.63. The van der Waals surface area contributed by atoms with E-state index in [1.165, 1.54) is 0 Å². The molecule has 1 aromatic heterocycles. The second-order valence-electron chi connectivity index (χ2n) is 7.41. The molecule has 1 heterocycles. The van der Waals surface area contributed by atoms with E-state index < -0.39 is 0 Å². The summed E-state index contributed by atoms with van der Waals surface area (Å²) in [6, 6.07) is 12.6. The molecule has 1 aliphatic carbocycles. The third-order valence-electron chi connectivity index (χ3n) is 4.81. The Kier molecular flexibility index (Phi) is 5.81. The Morgan fingerprint density at radius 2 is 1.90 bits per heavy atom. The van der Waals surface area contributed by atoms with Crippen molar-refractivity contribution in [2.45, 2.75) is 39.3 Å². The number of carbonyl (C=O) groups is 2. The fourth-order valence-electron chi connectivity index (χ4n) is 2.95. The average Bonchev–Trinajstić information content (AvgIpc) is 3.46. The molecule has 0 spiro atoms. The lowest BCUT2D eigenvalue weighted by atomic mass is 10.1. The zero-order valence-corrected chi connectivity index (χ0v) is 17.7. The van der Waals surface area contributed by atoms with Crippen molar-refractivity contribution < 1.29 is 14.3 Å². The number of hydrogen-bond acceptors (Lipinski definition) is 5. The van der Waals surface area contributed by atoms with Crippen LogP contribution in [0.1, 0.15) is 49.8 Å². The smallest absolute Gasteiger partial charge is 0.255 e. The van der Waals surface area contributed by atoms with Crippen LogP contribution < -0.4 is 15.4 Å². The minimum Gasteiger partial charge on any atom is -0.487 e. The summed E-state index contributed by atoms with van der Waals surface area (Å²) in [5.74, 6) is 0.232. The molecule has 0 aliphatic heterocycles. The van der Waals surface area contributed by atoms with E-state index in [0.29, 0.717) is 29.2 Å². The number of aryl methyl sites for hydroxylation is 2. The molecule has 0 unspecified atom stereocenters. The van der Waals surface area contributed by atoms with Gasteiger partial charge in [-0.1, -0.05) is 12.1 Å². The maximum Gasteiger partial charge on any atom is 0.255 e. The number of ether oxygens (including phenoxy) is 1. The number of rotatable bonds is 7. The van der Waals surface area contributed by atoms with Gasteiger partial charge in [0.05, 0.1) is 10.7 Å². The molecule has 2 N–H and O–H groups in total. The second kappa shape index (κ2) is 8.67. The van der Waals surface area contributed by atoms with Crippen LogP contribution in [0, 0.1) is 13.8 Å². The molecule has 1 aliphatic rings. The lowest BCUT2D eigenvalue weighted by Crippen LogP contribution is -2.25. The van der Waals surface area contributed by atoms with Gasteiger partial charge in [-0.25, -0.2) is 4.98 Å². The first-order chi connectivity index (χ1) is 14.5. The summed E-state index contributed by atoms with van der Waals surface area (Å²) in [6.45, 7) is 4.20. The highest BCUT2D eigenvalue weighted by molar-refractivity contribution is 7.09. The predicted molar refractivity (Wildman–Crippen MR) is 117 cm³/mol. The minimum absolute atomic E-state index is 0.110. The summed E-state index contributed by atoms with van der Waals surface area (Å²) in [7, 11) is 0. The van der Waals surface area contributed by atoms with E-state index in [-0.39, 0.29) is 17.9 Å². The Bertz CT molecular complexity index is 1090. The molecule has 7 heteroatoms. The monoisotopic (exact) mass is 421 g/mol. The molecule has 3 aromatic rings. The van der Waals surface area contributed by atoms with Crippen molar-refractivity contribution in [3.05, 3.63) is 75.2 Å². The summed E-state index contributed by atoms with van der Waals surface area (Å²) in [6.07, 6.45) is 2.06. The van der Waals surface area contributed by atoms with Crippen LogP contribution in [0.15, 0.2) is 47.8 Å². The standard InChI is InChI=1S/C23H23N3O3S/c1-14-6-7-17(22(27)25-18-8-9-18)11-21(14)26-23(28)16-4-3-5-20(10-16)29-12-19-13-30-15(2)24-19/h3-7,10-11,13,18H,8-9,12H2,1-2H3,(H,25,27)(H,26,28). The van der Waals surface area contributed by atoms with Crippen molar-refractivity contribution >= 4 is 28.8 Å². The molecule has 2 aromatic carbocycles.